The van der Waals surface area contributed by atoms with E-state index in [9.17, 15) is 0 Å². The van der Waals surface area contributed by atoms with Crippen molar-refractivity contribution < 1.29 is 4.74 Å². The molecule has 1 saturated carbocycles. The van der Waals surface area contributed by atoms with Crippen LogP contribution in [0.2, 0.25) is 0 Å². The number of hydrogen-bond donors (Lipinski definition) is 1. The molecule has 4 nitrogen and oxygen atoms in total. The maximum Gasteiger partial charge on any atom is 0.129 e. The molecule has 4 heteroatoms. The lowest BCUT2D eigenvalue weighted by molar-refractivity contribution is 0.0874. The Balaban J connectivity index is 1.82. The van der Waals surface area contributed by atoms with Gasteiger partial charge in [-0.1, -0.05) is 0 Å². The fourth-order valence-electron chi connectivity index (χ4n) is 2.35. The summed E-state index contributed by atoms with van der Waals surface area (Å²) in [5.41, 5.74) is 6.38. The Hall–Kier alpha value is -1.29. The predicted molar refractivity (Wildman–Crippen MR) is 63.3 cm³/mol. The van der Waals surface area contributed by atoms with Gasteiger partial charge in [-0.3, -0.25) is 0 Å². The van der Waals surface area contributed by atoms with E-state index < -0.39 is 0 Å². The second-order valence-corrected chi connectivity index (χ2v) is 4.62. The Labute approximate surface area is 95.4 Å². The second kappa shape index (κ2) is 3.94. The first-order valence-electron chi connectivity index (χ1n) is 5.90. The van der Waals surface area contributed by atoms with Gasteiger partial charge in [-0.05, 0) is 30.9 Å². The van der Waals surface area contributed by atoms with Crippen molar-refractivity contribution in [2.75, 3.05) is 30.4 Å². The van der Waals surface area contributed by atoms with E-state index in [4.69, 9.17) is 10.5 Å². The summed E-state index contributed by atoms with van der Waals surface area (Å²) in [6.07, 6.45) is 4.40. The maximum absolute atomic E-state index is 5.66. The molecule has 2 aliphatic rings. The highest BCUT2D eigenvalue weighted by Crippen LogP contribution is 2.37. The quantitative estimate of drug-likeness (QED) is 0.814. The molecule has 1 unspecified atom stereocenters. The third-order valence-electron chi connectivity index (χ3n) is 3.40. The van der Waals surface area contributed by atoms with E-state index in [0.29, 0.717) is 6.04 Å². The molecule has 1 atom stereocenters. The minimum Gasteiger partial charge on any atom is -0.397 e. The van der Waals surface area contributed by atoms with Crippen molar-refractivity contribution in [3.8, 4) is 0 Å². The van der Waals surface area contributed by atoms with Crippen LogP contribution in [-0.4, -0.2) is 30.8 Å². The summed E-state index contributed by atoms with van der Waals surface area (Å²) in [6, 6.07) is 4.45. The standard InChI is InChI=1S/C12H17N3O/c13-10-3-4-12(14-7-10)15-5-6-16-8-11(15)9-1-2-9/h3-4,7,9,11H,1-2,5-6,8,13H2. The van der Waals surface area contributed by atoms with Crippen LogP contribution in [0, 0.1) is 5.92 Å². The third-order valence-corrected chi connectivity index (χ3v) is 3.40. The molecule has 1 aromatic rings. The molecule has 0 aromatic carbocycles. The summed E-state index contributed by atoms with van der Waals surface area (Å²) in [4.78, 5) is 6.78. The molecule has 1 aliphatic heterocycles. The van der Waals surface area contributed by atoms with Gasteiger partial charge in [-0.2, -0.15) is 0 Å². The number of nitrogens with zero attached hydrogens (tertiary/aromatic N) is 2. The van der Waals surface area contributed by atoms with Crippen LogP contribution in [0.3, 0.4) is 0 Å². The maximum atomic E-state index is 5.66. The number of aromatic nitrogens is 1. The molecule has 2 fully saturated rings. The first kappa shape index (κ1) is 9.90. The van der Waals surface area contributed by atoms with Gasteiger partial charge in [0.05, 0.1) is 31.1 Å². The number of anilines is 2. The van der Waals surface area contributed by atoms with Crippen molar-refractivity contribution in [1.82, 2.24) is 4.98 Å². The molecular formula is C12H17N3O. The lowest BCUT2D eigenvalue weighted by Crippen LogP contribution is -2.47. The molecule has 86 valence electrons. The van der Waals surface area contributed by atoms with E-state index in [0.717, 1.165) is 37.2 Å². The van der Waals surface area contributed by atoms with Gasteiger partial charge in [0.1, 0.15) is 5.82 Å². The zero-order valence-electron chi connectivity index (χ0n) is 9.30. The molecule has 1 aromatic heterocycles. The van der Waals surface area contributed by atoms with Gasteiger partial charge in [0.25, 0.3) is 0 Å². The van der Waals surface area contributed by atoms with Crippen LogP contribution < -0.4 is 10.6 Å². The van der Waals surface area contributed by atoms with Crippen LogP contribution >= 0.6 is 0 Å². The average molecular weight is 219 g/mol. The fourth-order valence-corrected chi connectivity index (χ4v) is 2.35. The Morgan fingerprint density at radius 2 is 2.25 bits per heavy atom. The molecule has 1 aliphatic carbocycles. The van der Waals surface area contributed by atoms with Gasteiger partial charge in [0, 0.05) is 6.54 Å². The van der Waals surface area contributed by atoms with E-state index in [1.165, 1.54) is 12.8 Å². The summed E-state index contributed by atoms with van der Waals surface area (Å²) in [7, 11) is 0. The first-order chi connectivity index (χ1) is 7.84. The van der Waals surface area contributed by atoms with Crippen LogP contribution in [0.5, 0.6) is 0 Å². The molecule has 1 saturated heterocycles. The lowest BCUT2D eigenvalue weighted by Gasteiger charge is -2.36. The van der Waals surface area contributed by atoms with Crippen molar-refractivity contribution in [2.24, 2.45) is 5.92 Å². The SMILES string of the molecule is Nc1ccc(N2CCOCC2C2CC2)nc1. The molecule has 0 bridgehead atoms. The molecule has 16 heavy (non-hydrogen) atoms. The Morgan fingerprint density at radius 3 is 2.94 bits per heavy atom. The monoisotopic (exact) mass is 219 g/mol. The lowest BCUT2D eigenvalue weighted by atomic mass is 10.1. The van der Waals surface area contributed by atoms with E-state index in [-0.39, 0.29) is 0 Å². The number of nitrogen functional groups attached to an aromatic ring is 1. The third kappa shape index (κ3) is 1.85. The molecule has 2 N–H and O–H groups in total. The number of pyridine rings is 1. The second-order valence-electron chi connectivity index (χ2n) is 4.62. The van der Waals surface area contributed by atoms with Gasteiger partial charge in [-0.15, -0.1) is 0 Å². The number of hydrogen-bond acceptors (Lipinski definition) is 4. The zero-order valence-corrected chi connectivity index (χ0v) is 9.30. The number of ether oxygens (including phenoxy) is 1. The number of morpholine rings is 1. The van der Waals surface area contributed by atoms with Gasteiger partial charge in [0.15, 0.2) is 0 Å². The average Bonchev–Trinajstić information content (AvgIpc) is 3.14. The topological polar surface area (TPSA) is 51.4 Å². The Morgan fingerprint density at radius 1 is 1.38 bits per heavy atom. The predicted octanol–water partition coefficient (Wildman–Crippen LogP) is 1.28. The van der Waals surface area contributed by atoms with Crippen molar-refractivity contribution in [2.45, 2.75) is 18.9 Å². The van der Waals surface area contributed by atoms with E-state index >= 15 is 0 Å². The Bertz CT molecular complexity index is 361. The minimum absolute atomic E-state index is 0.518. The summed E-state index contributed by atoms with van der Waals surface area (Å²) in [6.45, 7) is 2.59. The minimum atomic E-state index is 0.518. The highest BCUT2D eigenvalue weighted by atomic mass is 16.5. The summed E-state index contributed by atoms with van der Waals surface area (Å²) in [5.74, 6) is 1.84. The van der Waals surface area contributed by atoms with E-state index in [1.807, 2.05) is 12.1 Å². The van der Waals surface area contributed by atoms with Crippen LogP contribution in [0.15, 0.2) is 18.3 Å². The van der Waals surface area contributed by atoms with Crippen LogP contribution in [0.4, 0.5) is 11.5 Å². The van der Waals surface area contributed by atoms with Crippen molar-refractivity contribution in [3.05, 3.63) is 18.3 Å². The van der Waals surface area contributed by atoms with Gasteiger partial charge >= 0.3 is 0 Å². The van der Waals surface area contributed by atoms with E-state index in [2.05, 4.69) is 9.88 Å². The van der Waals surface area contributed by atoms with Crippen molar-refractivity contribution in [1.29, 1.82) is 0 Å². The summed E-state index contributed by atoms with van der Waals surface area (Å²) in [5, 5.41) is 0. The van der Waals surface area contributed by atoms with Crippen LogP contribution in [-0.2, 0) is 4.74 Å². The fraction of sp³-hybridized carbons (Fsp3) is 0.583. The smallest absolute Gasteiger partial charge is 0.129 e. The first-order valence-corrected chi connectivity index (χ1v) is 5.90. The highest BCUT2D eigenvalue weighted by molar-refractivity contribution is 5.47. The molecule has 0 amide bonds. The van der Waals surface area contributed by atoms with Gasteiger partial charge in [-0.25, -0.2) is 4.98 Å². The van der Waals surface area contributed by atoms with Crippen molar-refractivity contribution >= 4 is 11.5 Å². The van der Waals surface area contributed by atoms with Crippen LogP contribution in [0.1, 0.15) is 12.8 Å². The summed E-state index contributed by atoms with van der Waals surface area (Å²) < 4.78 is 5.56. The number of nitrogens with two attached hydrogens (primary N) is 1. The normalized spacial score (nSPS) is 25.8. The Kier molecular flexibility index (Phi) is 2.44. The highest BCUT2D eigenvalue weighted by Gasteiger charge is 2.37. The molecule has 2 heterocycles. The van der Waals surface area contributed by atoms with Gasteiger partial charge < -0.3 is 15.4 Å². The zero-order chi connectivity index (χ0) is 11.0. The molecule has 0 radical (unpaired) electrons. The van der Waals surface area contributed by atoms with Gasteiger partial charge in [0.2, 0.25) is 0 Å². The summed E-state index contributed by atoms with van der Waals surface area (Å²) >= 11 is 0. The largest absolute Gasteiger partial charge is 0.397 e. The van der Waals surface area contributed by atoms with Crippen LogP contribution in [0.25, 0.3) is 0 Å². The molecular weight excluding hydrogens is 202 g/mol. The number of rotatable bonds is 2. The van der Waals surface area contributed by atoms with Crippen molar-refractivity contribution in [3.63, 3.8) is 0 Å². The molecule has 3 rings (SSSR count). The molecule has 0 spiro atoms. The van der Waals surface area contributed by atoms with E-state index in [1.54, 1.807) is 6.20 Å².